The van der Waals surface area contributed by atoms with Crippen molar-refractivity contribution in [1.82, 2.24) is 20.0 Å². The maximum absolute atomic E-state index is 11.0. The number of nitrogens with zero attached hydrogens (tertiary/aromatic N) is 5. The predicted molar refractivity (Wildman–Crippen MR) is 76.9 cm³/mol. The second kappa shape index (κ2) is 5.53. The summed E-state index contributed by atoms with van der Waals surface area (Å²) in [5.74, 6) is 0. The van der Waals surface area contributed by atoms with Crippen LogP contribution in [0.15, 0.2) is 42.9 Å². The highest BCUT2D eigenvalue weighted by Crippen LogP contribution is 2.28. The van der Waals surface area contributed by atoms with Crippen molar-refractivity contribution in [3.63, 3.8) is 0 Å². The fourth-order valence-corrected chi connectivity index (χ4v) is 2.12. The average molecular weight is 284 g/mol. The van der Waals surface area contributed by atoms with Gasteiger partial charge in [-0.3, -0.25) is 14.8 Å². The first-order valence-electron chi connectivity index (χ1n) is 6.36. The average Bonchev–Trinajstić information content (AvgIpc) is 3.00. The lowest BCUT2D eigenvalue weighted by atomic mass is 10.1. The molecule has 0 fully saturated rings. The van der Waals surface area contributed by atoms with Crippen molar-refractivity contribution in [3.8, 4) is 0 Å². The molecule has 0 aliphatic rings. The van der Waals surface area contributed by atoms with Crippen molar-refractivity contribution in [2.45, 2.75) is 6.54 Å². The largest absolute Gasteiger partial charge is 0.383 e. The van der Waals surface area contributed by atoms with Crippen LogP contribution in [0.1, 0.15) is 0 Å². The summed E-state index contributed by atoms with van der Waals surface area (Å²) in [7, 11) is 0. The lowest BCUT2D eigenvalue weighted by Gasteiger charge is -2.09. The van der Waals surface area contributed by atoms with Gasteiger partial charge in [-0.25, -0.2) is 4.98 Å². The molecule has 0 radical (unpaired) electrons. The summed E-state index contributed by atoms with van der Waals surface area (Å²) in [4.78, 5) is 14.7. The predicted octanol–water partition coefficient (Wildman–Crippen LogP) is 1.85. The Balaban J connectivity index is 1.85. The number of rotatable bonds is 5. The quantitative estimate of drug-likeness (QED) is 0.567. The Morgan fingerprint density at radius 3 is 2.95 bits per heavy atom. The van der Waals surface area contributed by atoms with Crippen LogP contribution in [0, 0.1) is 10.1 Å². The summed E-state index contributed by atoms with van der Waals surface area (Å²) >= 11 is 0. The third kappa shape index (κ3) is 2.64. The van der Waals surface area contributed by atoms with Gasteiger partial charge in [0, 0.05) is 36.1 Å². The van der Waals surface area contributed by atoms with Crippen LogP contribution in [0.25, 0.3) is 10.9 Å². The molecule has 0 saturated heterocycles. The molecule has 21 heavy (non-hydrogen) atoms. The topological polar surface area (TPSA) is 98.8 Å². The minimum absolute atomic E-state index is 0.00688. The number of hydrogen-bond donors (Lipinski definition) is 1. The monoisotopic (exact) mass is 284 g/mol. The van der Waals surface area contributed by atoms with Gasteiger partial charge in [-0.2, -0.15) is 0 Å². The summed E-state index contributed by atoms with van der Waals surface area (Å²) in [6.45, 7) is 1.28. The van der Waals surface area contributed by atoms with E-state index in [0.29, 0.717) is 18.6 Å². The van der Waals surface area contributed by atoms with Crippen molar-refractivity contribution >= 4 is 22.3 Å². The molecule has 0 spiro atoms. The van der Waals surface area contributed by atoms with E-state index in [4.69, 9.17) is 0 Å². The van der Waals surface area contributed by atoms with Crippen LogP contribution in [0.2, 0.25) is 0 Å². The SMILES string of the molecule is O=[N+]([O-])c1cccc2c(NCCn3ccnn3)ccnc12. The van der Waals surface area contributed by atoms with Gasteiger partial charge in [0.15, 0.2) is 0 Å². The number of fused-ring (bicyclic) bond motifs is 1. The zero-order chi connectivity index (χ0) is 14.7. The third-order valence-corrected chi connectivity index (χ3v) is 3.07. The molecule has 2 heterocycles. The summed E-state index contributed by atoms with van der Waals surface area (Å²) in [6.07, 6.45) is 4.95. The number of nitro benzene ring substituents is 1. The van der Waals surface area contributed by atoms with Crippen LogP contribution in [-0.2, 0) is 6.54 Å². The van der Waals surface area contributed by atoms with E-state index in [1.807, 2.05) is 6.07 Å². The summed E-state index contributed by atoms with van der Waals surface area (Å²) in [6, 6.07) is 6.72. The molecule has 3 rings (SSSR count). The van der Waals surface area contributed by atoms with E-state index in [2.05, 4.69) is 20.6 Å². The van der Waals surface area contributed by atoms with Gasteiger partial charge in [0.05, 0.1) is 17.7 Å². The Morgan fingerprint density at radius 2 is 2.19 bits per heavy atom. The van der Waals surface area contributed by atoms with Gasteiger partial charge >= 0.3 is 0 Å². The van der Waals surface area contributed by atoms with E-state index in [0.717, 1.165) is 11.1 Å². The zero-order valence-electron chi connectivity index (χ0n) is 11.0. The van der Waals surface area contributed by atoms with Crippen LogP contribution < -0.4 is 5.32 Å². The molecule has 0 aliphatic heterocycles. The van der Waals surface area contributed by atoms with Gasteiger partial charge in [-0.1, -0.05) is 17.3 Å². The van der Waals surface area contributed by atoms with Crippen LogP contribution in [0.5, 0.6) is 0 Å². The summed E-state index contributed by atoms with van der Waals surface area (Å²) < 4.78 is 1.71. The van der Waals surface area contributed by atoms with E-state index in [1.54, 1.807) is 35.4 Å². The molecule has 0 unspecified atom stereocenters. The molecule has 0 amide bonds. The molecule has 106 valence electrons. The highest BCUT2D eigenvalue weighted by molar-refractivity contribution is 5.96. The third-order valence-electron chi connectivity index (χ3n) is 3.07. The highest BCUT2D eigenvalue weighted by Gasteiger charge is 2.14. The second-order valence-corrected chi connectivity index (χ2v) is 4.38. The number of non-ortho nitro benzene ring substituents is 1. The van der Waals surface area contributed by atoms with Gasteiger partial charge in [0.25, 0.3) is 5.69 Å². The number of nitro groups is 1. The first-order chi connectivity index (χ1) is 10.3. The van der Waals surface area contributed by atoms with E-state index in [-0.39, 0.29) is 5.69 Å². The van der Waals surface area contributed by atoms with Gasteiger partial charge in [-0.15, -0.1) is 5.10 Å². The Labute approximate surface area is 119 Å². The zero-order valence-corrected chi connectivity index (χ0v) is 11.0. The second-order valence-electron chi connectivity index (χ2n) is 4.38. The molecule has 2 aromatic heterocycles. The summed E-state index contributed by atoms with van der Waals surface area (Å²) in [5, 5.41) is 22.6. The molecule has 3 aromatic rings. The minimum atomic E-state index is -0.422. The van der Waals surface area contributed by atoms with Gasteiger partial charge < -0.3 is 5.32 Å². The Bertz CT molecular complexity index is 771. The molecule has 1 aromatic carbocycles. The number of hydrogen-bond acceptors (Lipinski definition) is 6. The fraction of sp³-hybridized carbons (Fsp3) is 0.154. The van der Waals surface area contributed by atoms with Gasteiger partial charge in [0.2, 0.25) is 0 Å². The van der Waals surface area contributed by atoms with Crippen molar-refractivity contribution in [2.24, 2.45) is 0 Å². The van der Waals surface area contributed by atoms with Gasteiger partial charge in [-0.05, 0) is 6.07 Å². The minimum Gasteiger partial charge on any atom is -0.383 e. The van der Waals surface area contributed by atoms with E-state index < -0.39 is 4.92 Å². The van der Waals surface area contributed by atoms with E-state index >= 15 is 0 Å². The first kappa shape index (κ1) is 13.0. The van der Waals surface area contributed by atoms with Crippen LogP contribution in [0.4, 0.5) is 11.4 Å². The molecule has 0 bridgehead atoms. The van der Waals surface area contributed by atoms with Crippen molar-refractivity contribution < 1.29 is 4.92 Å². The standard InChI is InChI=1S/C13H12N6O2/c20-19(21)12-3-1-2-10-11(4-5-15-13(10)12)14-6-8-18-9-7-16-17-18/h1-5,7,9H,6,8H2,(H,14,15). The Kier molecular flexibility index (Phi) is 3.42. The maximum atomic E-state index is 11.0. The number of benzene rings is 1. The van der Waals surface area contributed by atoms with E-state index in [1.165, 1.54) is 6.07 Å². The summed E-state index contributed by atoms with van der Waals surface area (Å²) in [5.41, 5.74) is 1.20. The van der Waals surface area contributed by atoms with Crippen molar-refractivity contribution in [3.05, 3.63) is 53.0 Å². The number of aromatic nitrogens is 4. The molecular weight excluding hydrogens is 272 g/mol. The number of anilines is 1. The molecule has 1 N–H and O–H groups in total. The maximum Gasteiger partial charge on any atom is 0.295 e. The van der Waals surface area contributed by atoms with Gasteiger partial charge in [0.1, 0.15) is 5.52 Å². The lowest BCUT2D eigenvalue weighted by Crippen LogP contribution is -2.11. The van der Waals surface area contributed by atoms with E-state index in [9.17, 15) is 10.1 Å². The highest BCUT2D eigenvalue weighted by atomic mass is 16.6. The van der Waals surface area contributed by atoms with Crippen LogP contribution in [0.3, 0.4) is 0 Å². The molecular formula is C13H12N6O2. The van der Waals surface area contributed by atoms with Crippen LogP contribution >= 0.6 is 0 Å². The lowest BCUT2D eigenvalue weighted by molar-refractivity contribution is -0.383. The van der Waals surface area contributed by atoms with Crippen molar-refractivity contribution in [1.29, 1.82) is 0 Å². The normalized spacial score (nSPS) is 10.7. The smallest absolute Gasteiger partial charge is 0.295 e. The van der Waals surface area contributed by atoms with Crippen molar-refractivity contribution in [2.75, 3.05) is 11.9 Å². The first-order valence-corrected chi connectivity index (χ1v) is 6.36. The fourth-order valence-electron chi connectivity index (χ4n) is 2.12. The number of para-hydroxylation sites is 1. The number of pyridine rings is 1. The molecule has 8 nitrogen and oxygen atoms in total. The molecule has 0 aliphatic carbocycles. The van der Waals surface area contributed by atoms with Crippen LogP contribution in [-0.4, -0.2) is 31.4 Å². The molecule has 0 atom stereocenters. The molecule has 8 heteroatoms. The molecule has 0 saturated carbocycles. The number of nitrogens with one attached hydrogen (secondary N) is 1. The Morgan fingerprint density at radius 1 is 1.29 bits per heavy atom. The Hall–Kier alpha value is -3.03.